The summed E-state index contributed by atoms with van der Waals surface area (Å²) in [4.78, 5) is 17.0. The van der Waals surface area contributed by atoms with Gasteiger partial charge in [0.2, 0.25) is 5.91 Å². The van der Waals surface area contributed by atoms with Crippen LogP contribution >= 0.6 is 0 Å². The number of aryl methyl sites for hydroxylation is 1. The van der Waals surface area contributed by atoms with Crippen LogP contribution in [0.5, 0.6) is 0 Å². The molecule has 0 bridgehead atoms. The maximum Gasteiger partial charge on any atom is 0.248 e. The molecule has 2 aromatic rings. The van der Waals surface area contributed by atoms with Gasteiger partial charge in [0.1, 0.15) is 12.4 Å². The van der Waals surface area contributed by atoms with Gasteiger partial charge < -0.3 is 14.2 Å². The number of nitrogens with zero attached hydrogens (tertiary/aromatic N) is 3. The van der Waals surface area contributed by atoms with E-state index in [1.165, 1.54) is 11.8 Å². The van der Waals surface area contributed by atoms with E-state index >= 15 is 0 Å². The average Bonchev–Trinajstić information content (AvgIpc) is 3.27. The number of likely N-dealkylation sites (tertiary alicyclic amines) is 1. The van der Waals surface area contributed by atoms with Crippen molar-refractivity contribution in [1.29, 1.82) is 0 Å². The Hall–Kier alpha value is -2.18. The highest BCUT2D eigenvalue weighted by atomic mass is 19.1. The van der Waals surface area contributed by atoms with Gasteiger partial charge in [-0.05, 0) is 41.7 Å². The van der Waals surface area contributed by atoms with Crippen LogP contribution in [-0.4, -0.2) is 60.2 Å². The number of amides is 1. The van der Waals surface area contributed by atoms with Crippen molar-refractivity contribution in [3.8, 4) is 0 Å². The van der Waals surface area contributed by atoms with Gasteiger partial charge in [0.25, 0.3) is 0 Å². The first-order valence-electron chi connectivity index (χ1n) is 10.7. The van der Waals surface area contributed by atoms with Gasteiger partial charge in [0.05, 0.1) is 0 Å². The molecule has 6 heteroatoms. The Bertz CT molecular complexity index is 835. The van der Waals surface area contributed by atoms with Crippen molar-refractivity contribution >= 4 is 5.91 Å². The summed E-state index contributed by atoms with van der Waals surface area (Å²) in [6, 6.07) is 11.1. The van der Waals surface area contributed by atoms with E-state index in [0.717, 1.165) is 25.2 Å². The third-order valence-electron chi connectivity index (χ3n) is 5.89. The fourth-order valence-electron chi connectivity index (χ4n) is 4.50. The summed E-state index contributed by atoms with van der Waals surface area (Å²) in [6.07, 6.45) is 2.06. The molecule has 1 aromatic heterocycles. The number of carbonyl (C=O) groups is 1. The van der Waals surface area contributed by atoms with Crippen molar-refractivity contribution in [1.82, 2.24) is 14.4 Å². The van der Waals surface area contributed by atoms with Crippen LogP contribution in [0, 0.1) is 17.7 Å². The highest BCUT2D eigenvalue weighted by molar-refractivity contribution is 5.77. The standard InChI is InChI=1S/C24H34FN3O2/c1-18(2)12-28(24(29)17-30-4)14-20-13-27(15-22-9-6-10-26(22)3)16-23(20)19-7-5-8-21(25)11-19/h5-11,18,20,23H,12-17H2,1-4H3. The fourth-order valence-corrected chi connectivity index (χ4v) is 4.50. The van der Waals surface area contributed by atoms with Crippen molar-refractivity contribution < 1.29 is 13.9 Å². The lowest BCUT2D eigenvalue weighted by Gasteiger charge is -2.30. The first-order chi connectivity index (χ1) is 14.4. The van der Waals surface area contributed by atoms with E-state index in [1.54, 1.807) is 19.2 Å². The van der Waals surface area contributed by atoms with Crippen LogP contribution < -0.4 is 0 Å². The van der Waals surface area contributed by atoms with Gasteiger partial charge in [-0.1, -0.05) is 26.0 Å². The second-order valence-corrected chi connectivity index (χ2v) is 8.85. The zero-order chi connectivity index (χ0) is 21.7. The summed E-state index contributed by atoms with van der Waals surface area (Å²) in [5.41, 5.74) is 2.27. The van der Waals surface area contributed by atoms with Crippen molar-refractivity contribution in [2.45, 2.75) is 26.3 Å². The van der Waals surface area contributed by atoms with Crippen molar-refractivity contribution in [2.24, 2.45) is 18.9 Å². The normalized spacial score (nSPS) is 19.5. The Labute approximate surface area is 179 Å². The highest BCUT2D eigenvalue weighted by Crippen LogP contribution is 2.34. The van der Waals surface area contributed by atoms with E-state index in [-0.39, 0.29) is 30.2 Å². The number of ether oxygens (including phenoxy) is 1. The zero-order valence-corrected chi connectivity index (χ0v) is 18.6. The highest BCUT2D eigenvalue weighted by Gasteiger charge is 2.36. The second kappa shape index (κ2) is 10.2. The molecule has 1 aromatic carbocycles. The van der Waals surface area contributed by atoms with Crippen molar-refractivity contribution in [3.05, 3.63) is 59.7 Å². The van der Waals surface area contributed by atoms with Gasteiger partial charge in [-0.2, -0.15) is 0 Å². The summed E-state index contributed by atoms with van der Waals surface area (Å²) < 4.78 is 21.2. The summed E-state index contributed by atoms with van der Waals surface area (Å²) in [5.74, 6) is 0.614. The van der Waals surface area contributed by atoms with Gasteiger partial charge in [-0.25, -0.2) is 4.39 Å². The Balaban J connectivity index is 1.81. The second-order valence-electron chi connectivity index (χ2n) is 8.85. The summed E-state index contributed by atoms with van der Waals surface area (Å²) in [6.45, 7) is 8.27. The number of aromatic nitrogens is 1. The smallest absolute Gasteiger partial charge is 0.248 e. The zero-order valence-electron chi connectivity index (χ0n) is 18.6. The van der Waals surface area contributed by atoms with E-state index in [1.807, 2.05) is 11.0 Å². The number of hydrogen-bond donors (Lipinski definition) is 0. The monoisotopic (exact) mass is 415 g/mol. The molecule has 1 saturated heterocycles. The number of carbonyl (C=O) groups excluding carboxylic acids is 1. The Kier molecular flexibility index (Phi) is 7.67. The minimum absolute atomic E-state index is 0.0186. The summed E-state index contributed by atoms with van der Waals surface area (Å²) >= 11 is 0. The molecule has 2 atom stereocenters. The molecule has 164 valence electrons. The molecule has 0 saturated carbocycles. The lowest BCUT2D eigenvalue weighted by Crippen LogP contribution is -2.41. The van der Waals surface area contributed by atoms with E-state index in [4.69, 9.17) is 4.74 Å². The van der Waals surface area contributed by atoms with Gasteiger partial charge in [-0.3, -0.25) is 9.69 Å². The van der Waals surface area contributed by atoms with Crippen LogP contribution in [0.15, 0.2) is 42.6 Å². The van der Waals surface area contributed by atoms with Crippen LogP contribution in [0.1, 0.15) is 31.0 Å². The van der Waals surface area contributed by atoms with Gasteiger partial charge in [0.15, 0.2) is 0 Å². The quantitative estimate of drug-likeness (QED) is 0.629. The maximum atomic E-state index is 14.0. The number of halogens is 1. The third kappa shape index (κ3) is 5.70. The topological polar surface area (TPSA) is 37.7 Å². The lowest BCUT2D eigenvalue weighted by molar-refractivity contribution is -0.136. The Morgan fingerprint density at radius 1 is 1.27 bits per heavy atom. The van der Waals surface area contributed by atoms with Crippen molar-refractivity contribution in [2.75, 3.05) is 39.9 Å². The SMILES string of the molecule is COCC(=O)N(CC(C)C)CC1CN(Cc2cccn2C)CC1c1cccc(F)c1. The molecule has 2 heterocycles. The summed E-state index contributed by atoms with van der Waals surface area (Å²) in [7, 11) is 3.61. The first kappa shape index (κ1) is 22.5. The van der Waals surface area contributed by atoms with Crippen molar-refractivity contribution in [3.63, 3.8) is 0 Å². The molecule has 30 heavy (non-hydrogen) atoms. The van der Waals surface area contributed by atoms with Gasteiger partial charge >= 0.3 is 0 Å². The minimum atomic E-state index is -0.207. The van der Waals surface area contributed by atoms with E-state index in [0.29, 0.717) is 19.0 Å². The Morgan fingerprint density at radius 2 is 2.07 bits per heavy atom. The average molecular weight is 416 g/mol. The van der Waals surface area contributed by atoms with E-state index in [9.17, 15) is 9.18 Å². The first-order valence-corrected chi connectivity index (χ1v) is 10.7. The molecule has 1 fully saturated rings. The summed E-state index contributed by atoms with van der Waals surface area (Å²) in [5, 5.41) is 0. The molecule has 1 amide bonds. The van der Waals surface area contributed by atoms with Gasteiger partial charge in [-0.15, -0.1) is 0 Å². The third-order valence-corrected chi connectivity index (χ3v) is 5.89. The van der Waals surface area contributed by atoms with Crippen LogP contribution in [-0.2, 0) is 23.1 Å². The molecular weight excluding hydrogens is 381 g/mol. The molecule has 0 radical (unpaired) electrons. The molecule has 2 unspecified atom stereocenters. The fraction of sp³-hybridized carbons (Fsp3) is 0.542. The number of benzene rings is 1. The molecular formula is C24H34FN3O2. The van der Waals surface area contributed by atoms with Crippen LogP contribution in [0.3, 0.4) is 0 Å². The predicted molar refractivity (Wildman–Crippen MR) is 117 cm³/mol. The molecule has 5 nitrogen and oxygen atoms in total. The van der Waals surface area contributed by atoms with Crippen LogP contribution in [0.4, 0.5) is 4.39 Å². The van der Waals surface area contributed by atoms with Crippen LogP contribution in [0.25, 0.3) is 0 Å². The predicted octanol–water partition coefficient (Wildman–Crippen LogP) is 3.51. The largest absolute Gasteiger partial charge is 0.375 e. The van der Waals surface area contributed by atoms with E-state index < -0.39 is 0 Å². The molecule has 0 spiro atoms. The molecule has 3 rings (SSSR count). The molecule has 0 N–H and O–H groups in total. The molecule has 1 aliphatic rings. The maximum absolute atomic E-state index is 14.0. The van der Waals surface area contributed by atoms with E-state index in [2.05, 4.69) is 48.7 Å². The Morgan fingerprint density at radius 3 is 2.70 bits per heavy atom. The minimum Gasteiger partial charge on any atom is -0.375 e. The number of hydrogen-bond acceptors (Lipinski definition) is 3. The number of methoxy groups -OCH3 is 1. The molecule has 0 aliphatic carbocycles. The van der Waals surface area contributed by atoms with Gasteiger partial charge in [0, 0.05) is 64.7 Å². The molecule has 1 aliphatic heterocycles. The number of rotatable bonds is 9. The van der Waals surface area contributed by atoms with Crippen LogP contribution in [0.2, 0.25) is 0 Å². The lowest BCUT2D eigenvalue weighted by atomic mass is 9.88.